The lowest BCUT2D eigenvalue weighted by Gasteiger charge is -2.24. The van der Waals surface area contributed by atoms with Crippen LogP contribution in [0.5, 0.6) is 11.5 Å². The Labute approximate surface area is 204 Å². The van der Waals surface area contributed by atoms with E-state index in [9.17, 15) is 9.59 Å². The zero-order valence-electron chi connectivity index (χ0n) is 20.4. The van der Waals surface area contributed by atoms with E-state index >= 15 is 0 Å². The van der Waals surface area contributed by atoms with Crippen molar-refractivity contribution in [1.82, 2.24) is 10.2 Å². The molecule has 1 aromatic rings. The molecule has 2 amide bonds. The quantitative estimate of drug-likeness (QED) is 0.603. The number of alkyl carbamates (subject to hydrolysis) is 1. The molecule has 11 heteroatoms. The first kappa shape index (κ1) is 25.7. The van der Waals surface area contributed by atoms with Crippen LogP contribution in [0, 0.1) is 5.92 Å². The normalized spacial score (nSPS) is 18.7. The number of benzene rings is 1. The largest absolute Gasteiger partial charge is 0.454 e. The predicted octanol–water partition coefficient (Wildman–Crippen LogP) is 4.33. The first-order chi connectivity index (χ1) is 15.8. The third kappa shape index (κ3) is 7.31. The number of nitrogens with zero attached hydrogens (tertiary/aromatic N) is 2. The molecule has 0 radical (unpaired) electrons. The van der Waals surface area contributed by atoms with Crippen molar-refractivity contribution in [3.05, 3.63) is 22.7 Å². The Hall–Kier alpha value is -2.88. The third-order valence-electron chi connectivity index (χ3n) is 4.75. The number of nitrogens with one attached hydrogen (secondary N) is 1. The van der Waals surface area contributed by atoms with Gasteiger partial charge in [0.1, 0.15) is 17.8 Å². The van der Waals surface area contributed by atoms with Crippen molar-refractivity contribution in [3.8, 4) is 11.5 Å². The topological polar surface area (TPSA) is 108 Å². The average Bonchev–Trinajstić information content (AvgIpc) is 3.30. The van der Waals surface area contributed by atoms with Gasteiger partial charge in [0.2, 0.25) is 6.79 Å². The molecule has 2 aliphatic rings. The van der Waals surface area contributed by atoms with E-state index in [1.54, 1.807) is 53.7 Å². The van der Waals surface area contributed by atoms with Crippen molar-refractivity contribution in [3.63, 3.8) is 0 Å². The maximum atomic E-state index is 12.6. The Morgan fingerprint density at radius 3 is 2.41 bits per heavy atom. The van der Waals surface area contributed by atoms with E-state index in [0.717, 1.165) is 0 Å². The Morgan fingerprint density at radius 1 is 1.12 bits per heavy atom. The van der Waals surface area contributed by atoms with Gasteiger partial charge in [-0.3, -0.25) is 0 Å². The molecule has 2 heterocycles. The molecule has 1 N–H and O–H groups in total. The fourth-order valence-electron chi connectivity index (χ4n) is 3.29. The van der Waals surface area contributed by atoms with E-state index in [2.05, 4.69) is 10.5 Å². The van der Waals surface area contributed by atoms with E-state index in [1.165, 1.54) is 4.90 Å². The summed E-state index contributed by atoms with van der Waals surface area (Å²) < 4.78 is 21.5. The Morgan fingerprint density at radius 2 is 1.76 bits per heavy atom. The standard InChI is InChI=1S/C23H32ClN3O7/c1-22(2,3)33-20(28)25-9-15-10-27(21(29)34-23(4,5)6)11-17(15)26-32-12-14-7-18-19(8-16(14)24)31-13-30-18/h7-8,15H,9-13H2,1-6H3,(H,25,28)/b26-17+. The number of ether oxygens (including phenoxy) is 4. The number of fused-ring (bicyclic) bond motifs is 1. The van der Waals surface area contributed by atoms with Gasteiger partial charge in [-0.05, 0) is 47.6 Å². The molecule has 188 valence electrons. The SMILES string of the molecule is CC(C)(C)OC(=O)NCC1CN(C(=O)OC(C)(C)C)C/C1=N\OCc1cc2c(cc1Cl)OCO2. The highest BCUT2D eigenvalue weighted by atomic mass is 35.5. The van der Waals surface area contributed by atoms with Gasteiger partial charge in [-0.2, -0.15) is 0 Å². The van der Waals surface area contributed by atoms with E-state index in [-0.39, 0.29) is 32.4 Å². The van der Waals surface area contributed by atoms with E-state index in [0.29, 0.717) is 34.3 Å². The number of amides is 2. The Balaban J connectivity index is 1.67. The van der Waals surface area contributed by atoms with Gasteiger partial charge >= 0.3 is 12.2 Å². The molecule has 1 fully saturated rings. The zero-order chi connectivity index (χ0) is 25.1. The molecule has 0 bridgehead atoms. The second-order valence-electron chi connectivity index (χ2n) is 10.1. The summed E-state index contributed by atoms with van der Waals surface area (Å²) in [5.74, 6) is 0.900. The van der Waals surface area contributed by atoms with Gasteiger partial charge in [0.05, 0.1) is 17.3 Å². The number of hydrogen-bond donors (Lipinski definition) is 1. The van der Waals surface area contributed by atoms with Crippen LogP contribution in [0.3, 0.4) is 0 Å². The number of hydrogen-bond acceptors (Lipinski definition) is 8. The molecule has 1 aromatic carbocycles. The number of carbonyl (C=O) groups excluding carboxylic acids is 2. The lowest BCUT2D eigenvalue weighted by Crippen LogP contribution is -2.38. The minimum absolute atomic E-state index is 0.0949. The lowest BCUT2D eigenvalue weighted by atomic mass is 10.1. The van der Waals surface area contributed by atoms with Crippen molar-refractivity contribution in [2.24, 2.45) is 11.1 Å². The van der Waals surface area contributed by atoms with Crippen LogP contribution in [0.2, 0.25) is 5.02 Å². The van der Waals surface area contributed by atoms with Gasteiger partial charge in [-0.15, -0.1) is 0 Å². The summed E-state index contributed by atoms with van der Waals surface area (Å²) in [6, 6.07) is 3.41. The first-order valence-corrected chi connectivity index (χ1v) is 11.4. The maximum Gasteiger partial charge on any atom is 0.410 e. The van der Waals surface area contributed by atoms with Crippen molar-refractivity contribution in [2.45, 2.75) is 59.4 Å². The minimum Gasteiger partial charge on any atom is -0.454 e. The smallest absolute Gasteiger partial charge is 0.410 e. The summed E-state index contributed by atoms with van der Waals surface area (Å²) in [7, 11) is 0. The van der Waals surface area contributed by atoms with Crippen LogP contribution in [0.1, 0.15) is 47.1 Å². The van der Waals surface area contributed by atoms with Gasteiger partial charge in [-0.25, -0.2) is 9.59 Å². The summed E-state index contributed by atoms with van der Waals surface area (Å²) in [5, 5.41) is 7.46. The van der Waals surface area contributed by atoms with Gasteiger partial charge in [0.25, 0.3) is 0 Å². The van der Waals surface area contributed by atoms with E-state index in [4.69, 9.17) is 35.4 Å². The summed E-state index contributed by atoms with van der Waals surface area (Å²) in [6.07, 6.45) is -1.01. The second-order valence-corrected chi connectivity index (χ2v) is 10.5. The Kier molecular flexibility index (Phi) is 7.70. The van der Waals surface area contributed by atoms with Gasteiger partial charge in [0.15, 0.2) is 11.5 Å². The average molecular weight is 498 g/mol. The minimum atomic E-state index is -0.631. The van der Waals surface area contributed by atoms with Crippen molar-refractivity contribution < 1.29 is 33.4 Å². The Bertz CT molecular complexity index is 953. The summed E-state index contributed by atoms with van der Waals surface area (Å²) in [6.45, 7) is 11.8. The molecule has 10 nitrogen and oxygen atoms in total. The fourth-order valence-corrected chi connectivity index (χ4v) is 3.50. The number of oxime groups is 1. The molecule has 2 aliphatic heterocycles. The highest BCUT2D eigenvalue weighted by Crippen LogP contribution is 2.37. The van der Waals surface area contributed by atoms with Crippen LogP contribution in [0.4, 0.5) is 9.59 Å². The maximum absolute atomic E-state index is 12.6. The predicted molar refractivity (Wildman–Crippen MR) is 125 cm³/mol. The second kappa shape index (κ2) is 10.2. The van der Waals surface area contributed by atoms with Gasteiger partial charge in [-0.1, -0.05) is 16.8 Å². The molecule has 1 atom stereocenters. The number of carbonyl (C=O) groups is 2. The van der Waals surface area contributed by atoms with Crippen LogP contribution in [-0.2, 0) is 20.9 Å². The number of rotatable bonds is 5. The molecule has 0 saturated carbocycles. The molecule has 1 saturated heterocycles. The molecular formula is C23H32ClN3O7. The van der Waals surface area contributed by atoms with Crippen molar-refractivity contribution in [2.75, 3.05) is 26.4 Å². The van der Waals surface area contributed by atoms with Gasteiger partial charge < -0.3 is 34.0 Å². The van der Waals surface area contributed by atoms with E-state index < -0.39 is 23.4 Å². The first-order valence-electron chi connectivity index (χ1n) is 11.0. The van der Waals surface area contributed by atoms with Crippen LogP contribution in [-0.4, -0.2) is 60.4 Å². The summed E-state index contributed by atoms with van der Waals surface area (Å²) >= 11 is 6.30. The third-order valence-corrected chi connectivity index (χ3v) is 5.10. The molecule has 1 unspecified atom stereocenters. The van der Waals surface area contributed by atoms with Crippen LogP contribution >= 0.6 is 11.6 Å². The van der Waals surface area contributed by atoms with Crippen LogP contribution in [0.15, 0.2) is 17.3 Å². The lowest BCUT2D eigenvalue weighted by molar-refractivity contribution is 0.0292. The number of likely N-dealkylation sites (tertiary alicyclic amines) is 1. The molecule has 3 rings (SSSR count). The highest BCUT2D eigenvalue weighted by Gasteiger charge is 2.35. The zero-order valence-corrected chi connectivity index (χ0v) is 21.2. The fraction of sp³-hybridized carbons (Fsp3) is 0.609. The molecular weight excluding hydrogens is 466 g/mol. The van der Waals surface area contributed by atoms with Crippen molar-refractivity contribution >= 4 is 29.5 Å². The molecule has 0 aliphatic carbocycles. The summed E-state index contributed by atoms with van der Waals surface area (Å²) in [5.41, 5.74) is 0.0274. The van der Waals surface area contributed by atoms with Crippen molar-refractivity contribution in [1.29, 1.82) is 0 Å². The summed E-state index contributed by atoms with van der Waals surface area (Å²) in [4.78, 5) is 31.8. The van der Waals surface area contributed by atoms with Crippen LogP contribution < -0.4 is 14.8 Å². The molecule has 0 spiro atoms. The number of halogens is 1. The van der Waals surface area contributed by atoms with Gasteiger partial charge in [0, 0.05) is 30.6 Å². The molecule has 34 heavy (non-hydrogen) atoms. The molecule has 0 aromatic heterocycles. The van der Waals surface area contributed by atoms with E-state index in [1.807, 2.05) is 0 Å². The van der Waals surface area contributed by atoms with Crippen LogP contribution in [0.25, 0.3) is 0 Å². The monoisotopic (exact) mass is 497 g/mol. The highest BCUT2D eigenvalue weighted by molar-refractivity contribution is 6.31.